The second-order valence-corrected chi connectivity index (χ2v) is 6.57. The molecule has 0 amide bonds. The number of hydrogen-bond acceptors (Lipinski definition) is 1. The minimum Gasteiger partial charge on any atom is -0.319 e. The van der Waals surface area contributed by atoms with Gasteiger partial charge in [0.15, 0.2) is 0 Å². The fourth-order valence-electron chi connectivity index (χ4n) is 3.17. The molecule has 0 radical (unpaired) electrons. The number of rotatable bonds is 3. The maximum absolute atomic E-state index is 13.1. The van der Waals surface area contributed by atoms with Crippen molar-refractivity contribution in [1.29, 1.82) is 0 Å². The molecular formula is C22H17F3N2. The highest BCUT2D eigenvalue weighted by Gasteiger charge is 2.30. The average Bonchev–Trinajstić information content (AvgIpc) is 3.02. The predicted octanol–water partition coefficient (Wildman–Crippen LogP) is 6.08. The molecule has 1 aromatic heterocycles. The normalized spacial score (nSPS) is 11.9. The molecular weight excluding hydrogens is 349 g/mol. The summed E-state index contributed by atoms with van der Waals surface area (Å²) >= 11 is 0. The van der Waals surface area contributed by atoms with Crippen LogP contribution in [0.3, 0.4) is 0 Å². The standard InChI is InChI=1S/C22H17F3N2/c1-15-9-11-16(12-10-15)14-27-20-8-3-2-7-19(20)26-21(27)17-5-4-6-18(13-17)22(23,24)25/h2-13H,14H2,1H3. The monoisotopic (exact) mass is 366 g/mol. The van der Waals surface area contributed by atoms with Gasteiger partial charge < -0.3 is 4.57 Å². The van der Waals surface area contributed by atoms with Crippen molar-refractivity contribution >= 4 is 11.0 Å². The van der Waals surface area contributed by atoms with Gasteiger partial charge in [0.05, 0.1) is 16.6 Å². The SMILES string of the molecule is Cc1ccc(Cn2c(-c3cccc(C(F)(F)F)c3)nc3ccccc32)cc1. The lowest BCUT2D eigenvalue weighted by molar-refractivity contribution is -0.137. The van der Waals surface area contributed by atoms with Crippen molar-refractivity contribution in [3.05, 3.63) is 89.5 Å². The van der Waals surface area contributed by atoms with Crippen LogP contribution in [0.4, 0.5) is 13.2 Å². The minimum atomic E-state index is -4.39. The van der Waals surface area contributed by atoms with Crippen LogP contribution in [0.2, 0.25) is 0 Å². The molecule has 1 heterocycles. The van der Waals surface area contributed by atoms with E-state index in [2.05, 4.69) is 4.98 Å². The molecule has 0 saturated carbocycles. The topological polar surface area (TPSA) is 17.8 Å². The number of fused-ring (bicyclic) bond motifs is 1. The van der Waals surface area contributed by atoms with Gasteiger partial charge in [-0.25, -0.2) is 4.98 Å². The predicted molar refractivity (Wildman–Crippen MR) is 100 cm³/mol. The van der Waals surface area contributed by atoms with Gasteiger partial charge in [-0.2, -0.15) is 13.2 Å². The third-order valence-corrected chi connectivity index (χ3v) is 4.56. The number of hydrogen-bond donors (Lipinski definition) is 0. The van der Waals surface area contributed by atoms with Crippen LogP contribution in [0.1, 0.15) is 16.7 Å². The number of alkyl halides is 3. The molecule has 0 spiro atoms. The highest BCUT2D eigenvalue weighted by molar-refractivity contribution is 5.80. The van der Waals surface area contributed by atoms with Crippen molar-refractivity contribution in [2.24, 2.45) is 0 Å². The third kappa shape index (κ3) is 3.45. The van der Waals surface area contributed by atoms with Gasteiger partial charge in [0.2, 0.25) is 0 Å². The number of aromatic nitrogens is 2. The van der Waals surface area contributed by atoms with Gasteiger partial charge >= 0.3 is 6.18 Å². The Morgan fingerprint density at radius 2 is 1.63 bits per heavy atom. The maximum atomic E-state index is 13.1. The summed E-state index contributed by atoms with van der Waals surface area (Å²) in [6.45, 7) is 2.55. The smallest absolute Gasteiger partial charge is 0.319 e. The van der Waals surface area contributed by atoms with Crippen molar-refractivity contribution in [1.82, 2.24) is 9.55 Å². The van der Waals surface area contributed by atoms with Gasteiger partial charge in [-0.1, -0.05) is 54.1 Å². The Morgan fingerprint density at radius 3 is 2.37 bits per heavy atom. The van der Waals surface area contributed by atoms with E-state index in [0.29, 0.717) is 17.9 Å². The second-order valence-electron chi connectivity index (χ2n) is 6.57. The summed E-state index contributed by atoms with van der Waals surface area (Å²) in [7, 11) is 0. The van der Waals surface area contributed by atoms with Gasteiger partial charge in [-0.3, -0.25) is 0 Å². The highest BCUT2D eigenvalue weighted by atomic mass is 19.4. The zero-order valence-electron chi connectivity index (χ0n) is 14.7. The van der Waals surface area contributed by atoms with Gasteiger partial charge in [-0.15, -0.1) is 0 Å². The van der Waals surface area contributed by atoms with Crippen LogP contribution in [0.25, 0.3) is 22.4 Å². The van der Waals surface area contributed by atoms with Crippen LogP contribution >= 0.6 is 0 Å². The Hall–Kier alpha value is -3.08. The zero-order chi connectivity index (χ0) is 19.0. The molecule has 0 aliphatic heterocycles. The molecule has 0 bridgehead atoms. The molecule has 4 rings (SSSR count). The van der Waals surface area contributed by atoms with E-state index < -0.39 is 11.7 Å². The molecule has 0 aliphatic rings. The van der Waals surface area contributed by atoms with Crippen molar-refractivity contribution < 1.29 is 13.2 Å². The van der Waals surface area contributed by atoms with E-state index in [1.165, 1.54) is 6.07 Å². The summed E-state index contributed by atoms with van der Waals surface area (Å²) < 4.78 is 41.4. The first-order valence-corrected chi connectivity index (χ1v) is 8.60. The highest BCUT2D eigenvalue weighted by Crippen LogP contribution is 2.33. The lowest BCUT2D eigenvalue weighted by Crippen LogP contribution is -2.06. The van der Waals surface area contributed by atoms with E-state index in [9.17, 15) is 13.2 Å². The summed E-state index contributed by atoms with van der Waals surface area (Å²) in [6, 6.07) is 21.0. The number of benzene rings is 3. The van der Waals surface area contributed by atoms with Crippen molar-refractivity contribution in [3.63, 3.8) is 0 Å². The molecule has 4 aromatic rings. The fourth-order valence-corrected chi connectivity index (χ4v) is 3.17. The van der Waals surface area contributed by atoms with E-state index in [4.69, 9.17) is 0 Å². The molecule has 2 nitrogen and oxygen atoms in total. The van der Waals surface area contributed by atoms with Crippen LogP contribution in [-0.2, 0) is 12.7 Å². The van der Waals surface area contributed by atoms with E-state index >= 15 is 0 Å². The van der Waals surface area contributed by atoms with E-state index in [1.807, 2.05) is 60.0 Å². The first kappa shape index (κ1) is 17.3. The number of halogens is 3. The van der Waals surface area contributed by atoms with Crippen LogP contribution in [0.15, 0.2) is 72.8 Å². The van der Waals surface area contributed by atoms with Gasteiger partial charge in [-0.05, 0) is 36.8 Å². The summed E-state index contributed by atoms with van der Waals surface area (Å²) in [4.78, 5) is 4.62. The van der Waals surface area contributed by atoms with Crippen molar-refractivity contribution in [2.45, 2.75) is 19.6 Å². The molecule has 0 atom stereocenters. The summed E-state index contributed by atoms with van der Waals surface area (Å²) in [6.07, 6.45) is -4.39. The number of para-hydroxylation sites is 2. The maximum Gasteiger partial charge on any atom is 0.416 e. The lowest BCUT2D eigenvalue weighted by atomic mass is 10.1. The first-order valence-electron chi connectivity index (χ1n) is 8.60. The molecule has 3 aromatic carbocycles. The molecule has 27 heavy (non-hydrogen) atoms. The van der Waals surface area contributed by atoms with E-state index in [0.717, 1.165) is 34.3 Å². The largest absolute Gasteiger partial charge is 0.416 e. The number of aryl methyl sites for hydroxylation is 1. The molecule has 5 heteroatoms. The van der Waals surface area contributed by atoms with Crippen molar-refractivity contribution in [2.75, 3.05) is 0 Å². The van der Waals surface area contributed by atoms with Crippen LogP contribution < -0.4 is 0 Å². The Kier molecular flexibility index (Phi) is 4.22. The van der Waals surface area contributed by atoms with Crippen LogP contribution in [-0.4, -0.2) is 9.55 Å². The third-order valence-electron chi connectivity index (χ3n) is 4.56. The summed E-state index contributed by atoms with van der Waals surface area (Å²) in [5, 5.41) is 0. The van der Waals surface area contributed by atoms with E-state index in [1.54, 1.807) is 6.07 Å². The summed E-state index contributed by atoms with van der Waals surface area (Å²) in [5.41, 5.74) is 3.66. The Morgan fingerprint density at radius 1 is 0.889 bits per heavy atom. The van der Waals surface area contributed by atoms with Crippen LogP contribution in [0.5, 0.6) is 0 Å². The minimum absolute atomic E-state index is 0.452. The van der Waals surface area contributed by atoms with Crippen LogP contribution in [0, 0.1) is 6.92 Å². The molecule has 0 unspecified atom stereocenters. The number of nitrogens with zero attached hydrogens (tertiary/aromatic N) is 2. The Balaban J connectivity index is 1.87. The Bertz CT molecular complexity index is 1090. The first-order chi connectivity index (χ1) is 12.9. The Labute approximate surface area is 154 Å². The second kappa shape index (κ2) is 6.58. The van der Waals surface area contributed by atoms with E-state index in [-0.39, 0.29) is 0 Å². The molecule has 0 saturated heterocycles. The van der Waals surface area contributed by atoms with Crippen molar-refractivity contribution in [3.8, 4) is 11.4 Å². The lowest BCUT2D eigenvalue weighted by Gasteiger charge is -2.12. The molecule has 136 valence electrons. The molecule has 0 aliphatic carbocycles. The van der Waals surface area contributed by atoms with Gasteiger partial charge in [0.1, 0.15) is 5.82 Å². The summed E-state index contributed by atoms with van der Waals surface area (Å²) in [5.74, 6) is 0.530. The number of imidazole rings is 1. The quantitative estimate of drug-likeness (QED) is 0.430. The average molecular weight is 366 g/mol. The zero-order valence-corrected chi connectivity index (χ0v) is 14.7. The molecule has 0 fully saturated rings. The van der Waals surface area contributed by atoms with Gasteiger partial charge in [0.25, 0.3) is 0 Å². The van der Waals surface area contributed by atoms with Gasteiger partial charge in [0, 0.05) is 12.1 Å². The fraction of sp³-hybridized carbons (Fsp3) is 0.136. The molecule has 0 N–H and O–H groups in total.